The Labute approximate surface area is 158 Å². The number of benzene rings is 2. The molecule has 3 aromatic rings. The minimum atomic E-state index is -3.83. The second-order valence-electron chi connectivity index (χ2n) is 6.79. The number of anilines is 1. The summed E-state index contributed by atoms with van der Waals surface area (Å²) >= 11 is 0. The first kappa shape index (κ1) is 18.0. The van der Waals surface area contributed by atoms with Crippen LogP contribution in [0.25, 0.3) is 10.8 Å². The van der Waals surface area contributed by atoms with Crippen LogP contribution in [-0.2, 0) is 19.9 Å². The predicted molar refractivity (Wildman–Crippen MR) is 104 cm³/mol. The summed E-state index contributed by atoms with van der Waals surface area (Å²) in [7, 11) is -6.94. The van der Waals surface area contributed by atoms with E-state index < -0.39 is 19.9 Å². The average Bonchev–Trinajstić information content (AvgIpc) is 3.15. The number of hydrogen-bond acceptors (Lipinski definition) is 5. The summed E-state index contributed by atoms with van der Waals surface area (Å²) < 4.78 is 53.4. The Kier molecular flexibility index (Phi) is 4.23. The summed E-state index contributed by atoms with van der Waals surface area (Å²) in [4.78, 5) is 0.144. The maximum atomic E-state index is 12.9. The molecule has 1 saturated heterocycles. The highest BCUT2D eigenvalue weighted by molar-refractivity contribution is 7.92. The average molecular weight is 406 g/mol. The van der Waals surface area contributed by atoms with Crippen LogP contribution in [0.4, 0.5) is 5.82 Å². The fourth-order valence-electron chi connectivity index (χ4n) is 3.37. The van der Waals surface area contributed by atoms with Gasteiger partial charge in [-0.15, -0.1) is 0 Å². The highest BCUT2D eigenvalue weighted by atomic mass is 32.2. The van der Waals surface area contributed by atoms with Gasteiger partial charge in [0.15, 0.2) is 9.84 Å². The molecule has 142 valence electrons. The SMILES string of the molecule is Cc1cc(NS(=O)(=O)c2ccc3ccccc3c2)n([C@@H]2CCS(=O)(=O)C2)n1. The Morgan fingerprint density at radius 1 is 1.11 bits per heavy atom. The van der Waals surface area contributed by atoms with Crippen molar-refractivity contribution >= 4 is 36.5 Å². The van der Waals surface area contributed by atoms with Gasteiger partial charge in [0.2, 0.25) is 0 Å². The van der Waals surface area contributed by atoms with Crippen molar-refractivity contribution in [2.24, 2.45) is 0 Å². The van der Waals surface area contributed by atoms with Gasteiger partial charge in [-0.05, 0) is 36.2 Å². The first-order valence-electron chi connectivity index (χ1n) is 8.52. The van der Waals surface area contributed by atoms with Crippen molar-refractivity contribution in [2.75, 3.05) is 16.2 Å². The molecule has 1 N–H and O–H groups in total. The van der Waals surface area contributed by atoms with Gasteiger partial charge in [0.25, 0.3) is 10.0 Å². The van der Waals surface area contributed by atoms with E-state index in [1.165, 1.54) is 4.68 Å². The first-order chi connectivity index (χ1) is 12.7. The van der Waals surface area contributed by atoms with E-state index in [2.05, 4.69) is 9.82 Å². The minimum absolute atomic E-state index is 0.0289. The van der Waals surface area contributed by atoms with E-state index >= 15 is 0 Å². The summed E-state index contributed by atoms with van der Waals surface area (Å²) in [6, 6.07) is 13.7. The monoisotopic (exact) mass is 405 g/mol. The van der Waals surface area contributed by atoms with Crippen molar-refractivity contribution in [3.8, 4) is 0 Å². The number of sulfonamides is 1. The van der Waals surface area contributed by atoms with Gasteiger partial charge in [0, 0.05) is 6.07 Å². The lowest BCUT2D eigenvalue weighted by atomic mass is 10.1. The largest absolute Gasteiger partial charge is 0.264 e. The van der Waals surface area contributed by atoms with Crippen LogP contribution in [-0.4, -0.2) is 38.1 Å². The van der Waals surface area contributed by atoms with E-state index in [0.717, 1.165) is 10.8 Å². The van der Waals surface area contributed by atoms with E-state index in [-0.39, 0.29) is 28.3 Å². The van der Waals surface area contributed by atoms with Gasteiger partial charge in [-0.25, -0.2) is 21.5 Å². The second-order valence-corrected chi connectivity index (χ2v) is 10.7. The third-order valence-electron chi connectivity index (χ3n) is 4.68. The van der Waals surface area contributed by atoms with Crippen molar-refractivity contribution in [1.29, 1.82) is 0 Å². The first-order valence-corrected chi connectivity index (χ1v) is 11.8. The highest BCUT2D eigenvalue weighted by Crippen LogP contribution is 2.29. The fourth-order valence-corrected chi connectivity index (χ4v) is 6.14. The molecule has 1 fully saturated rings. The van der Waals surface area contributed by atoms with Crippen LogP contribution in [0.1, 0.15) is 18.2 Å². The van der Waals surface area contributed by atoms with E-state index in [9.17, 15) is 16.8 Å². The van der Waals surface area contributed by atoms with Crippen molar-refractivity contribution in [3.63, 3.8) is 0 Å². The number of nitrogens with zero attached hydrogens (tertiary/aromatic N) is 2. The molecule has 2 aromatic carbocycles. The summed E-state index contributed by atoms with van der Waals surface area (Å²) in [5, 5.41) is 6.09. The maximum Gasteiger partial charge on any atom is 0.263 e. The van der Waals surface area contributed by atoms with Gasteiger partial charge >= 0.3 is 0 Å². The number of aromatic nitrogens is 2. The normalized spacial score (nSPS) is 19.4. The molecule has 1 aromatic heterocycles. The molecule has 0 aliphatic carbocycles. The second kappa shape index (κ2) is 6.35. The molecule has 27 heavy (non-hydrogen) atoms. The molecule has 0 bridgehead atoms. The summed E-state index contributed by atoms with van der Waals surface area (Å²) in [5.74, 6) is 0.342. The lowest BCUT2D eigenvalue weighted by Gasteiger charge is -2.15. The lowest BCUT2D eigenvalue weighted by molar-refractivity contribution is 0.503. The van der Waals surface area contributed by atoms with Crippen molar-refractivity contribution in [1.82, 2.24) is 9.78 Å². The van der Waals surface area contributed by atoms with Crippen molar-refractivity contribution in [3.05, 3.63) is 54.2 Å². The number of rotatable bonds is 4. The van der Waals surface area contributed by atoms with Crippen LogP contribution in [0, 0.1) is 6.92 Å². The maximum absolute atomic E-state index is 12.9. The van der Waals surface area contributed by atoms with Crippen LogP contribution >= 0.6 is 0 Å². The number of fused-ring (bicyclic) bond motifs is 1. The Morgan fingerprint density at radius 3 is 2.56 bits per heavy atom. The molecule has 1 aliphatic heterocycles. The molecule has 1 atom stereocenters. The highest BCUT2D eigenvalue weighted by Gasteiger charge is 2.32. The Bertz CT molecular complexity index is 1230. The van der Waals surface area contributed by atoms with Gasteiger partial charge in [-0.1, -0.05) is 30.3 Å². The standard InChI is InChI=1S/C18H19N3O4S2/c1-13-10-18(21(19-13)16-8-9-26(22,23)12-16)20-27(24,25)17-7-6-14-4-2-3-5-15(14)11-17/h2-7,10-11,16,20H,8-9,12H2,1H3/t16-/m1/s1. The lowest BCUT2D eigenvalue weighted by Crippen LogP contribution is -2.20. The van der Waals surface area contributed by atoms with Gasteiger partial charge < -0.3 is 0 Å². The molecule has 1 aliphatic rings. The third-order valence-corrected chi connectivity index (χ3v) is 7.79. The summed E-state index contributed by atoms with van der Waals surface area (Å²) in [6.07, 6.45) is 0.425. The van der Waals surface area contributed by atoms with Crippen LogP contribution in [0.3, 0.4) is 0 Å². The van der Waals surface area contributed by atoms with Crippen molar-refractivity contribution < 1.29 is 16.8 Å². The molecular formula is C18H19N3O4S2. The van der Waals surface area contributed by atoms with E-state index in [0.29, 0.717) is 12.1 Å². The molecule has 0 amide bonds. The predicted octanol–water partition coefficient (Wildman–Crippen LogP) is 2.51. The van der Waals surface area contributed by atoms with Gasteiger partial charge in [0.05, 0.1) is 28.1 Å². The smallest absolute Gasteiger partial charge is 0.263 e. The summed E-state index contributed by atoms with van der Waals surface area (Å²) in [6.45, 7) is 1.74. The Hall–Kier alpha value is -2.39. The minimum Gasteiger partial charge on any atom is -0.264 e. The zero-order valence-corrected chi connectivity index (χ0v) is 16.3. The molecule has 4 rings (SSSR count). The van der Waals surface area contributed by atoms with Crippen LogP contribution in [0.2, 0.25) is 0 Å². The summed E-state index contributed by atoms with van der Waals surface area (Å²) in [5.41, 5.74) is 0.621. The molecule has 0 radical (unpaired) electrons. The zero-order valence-electron chi connectivity index (χ0n) is 14.7. The number of nitrogens with one attached hydrogen (secondary N) is 1. The molecule has 9 heteroatoms. The Morgan fingerprint density at radius 2 is 1.85 bits per heavy atom. The number of hydrogen-bond donors (Lipinski definition) is 1. The van der Waals surface area contributed by atoms with Gasteiger partial charge in [-0.3, -0.25) is 4.72 Å². The van der Waals surface area contributed by atoms with Crippen LogP contribution in [0.15, 0.2) is 53.4 Å². The molecule has 0 unspecified atom stereocenters. The fraction of sp³-hybridized carbons (Fsp3) is 0.278. The van der Waals surface area contributed by atoms with E-state index in [4.69, 9.17) is 0 Å². The molecule has 0 saturated carbocycles. The quantitative estimate of drug-likeness (QED) is 0.719. The molecule has 0 spiro atoms. The van der Waals surface area contributed by atoms with Crippen molar-refractivity contribution in [2.45, 2.75) is 24.3 Å². The van der Waals surface area contributed by atoms with Gasteiger partial charge in [0.1, 0.15) is 5.82 Å². The van der Waals surface area contributed by atoms with E-state index in [1.54, 1.807) is 31.2 Å². The van der Waals surface area contributed by atoms with Gasteiger partial charge in [-0.2, -0.15) is 5.10 Å². The zero-order chi connectivity index (χ0) is 19.2. The third kappa shape index (κ3) is 3.57. The molecule has 2 heterocycles. The van der Waals surface area contributed by atoms with E-state index in [1.807, 2.05) is 24.3 Å². The van der Waals surface area contributed by atoms with Crippen LogP contribution in [0.5, 0.6) is 0 Å². The molecular weight excluding hydrogens is 386 g/mol. The van der Waals surface area contributed by atoms with Crippen LogP contribution < -0.4 is 4.72 Å². The topological polar surface area (TPSA) is 98.1 Å². The number of sulfone groups is 1. The number of aryl methyl sites for hydroxylation is 1. The Balaban J connectivity index is 1.68. The molecule has 7 nitrogen and oxygen atoms in total.